The van der Waals surface area contributed by atoms with E-state index < -0.39 is 29.9 Å². The molecule has 0 unspecified atom stereocenters. The van der Waals surface area contributed by atoms with Crippen molar-refractivity contribution in [3.63, 3.8) is 0 Å². The SMILES string of the molecule is CC[C@@H](CC(C)=CCc1c(NC(=O)C(F)(F)F)c2c(c(C)c1OC)COC2=O)C(=O)O. The van der Waals surface area contributed by atoms with Gasteiger partial charge in [0.2, 0.25) is 0 Å². The van der Waals surface area contributed by atoms with Gasteiger partial charge < -0.3 is 19.9 Å². The summed E-state index contributed by atoms with van der Waals surface area (Å²) in [7, 11) is 1.33. The molecule has 0 saturated carbocycles. The summed E-state index contributed by atoms with van der Waals surface area (Å²) in [5.41, 5.74) is 1.31. The third-order valence-electron chi connectivity index (χ3n) is 5.24. The number of allylic oxidation sites excluding steroid dienone is 2. The maximum Gasteiger partial charge on any atom is 0.471 e. The number of carbonyl (C=O) groups excluding carboxylic acids is 2. The Hall–Kier alpha value is -3.04. The Labute approximate surface area is 177 Å². The van der Waals surface area contributed by atoms with E-state index in [1.807, 2.05) is 5.32 Å². The number of carboxylic acid groups (broad SMARTS) is 1. The third-order valence-corrected chi connectivity index (χ3v) is 5.24. The molecule has 2 N–H and O–H groups in total. The largest absolute Gasteiger partial charge is 0.496 e. The second-order valence-electron chi connectivity index (χ2n) is 7.30. The predicted octanol–water partition coefficient (Wildman–Crippen LogP) is 4.16. The summed E-state index contributed by atoms with van der Waals surface area (Å²) in [6.07, 6.45) is -2.82. The molecule has 0 saturated heterocycles. The van der Waals surface area contributed by atoms with Gasteiger partial charge >= 0.3 is 24.0 Å². The fourth-order valence-corrected chi connectivity index (χ4v) is 3.53. The number of alkyl halides is 3. The van der Waals surface area contributed by atoms with Gasteiger partial charge in [0.1, 0.15) is 12.4 Å². The molecule has 1 heterocycles. The number of halogens is 3. The van der Waals surface area contributed by atoms with Crippen molar-refractivity contribution >= 4 is 23.5 Å². The van der Waals surface area contributed by atoms with Gasteiger partial charge in [0.15, 0.2) is 0 Å². The average molecular weight is 443 g/mol. The number of methoxy groups -OCH3 is 1. The molecule has 1 aliphatic heterocycles. The highest BCUT2D eigenvalue weighted by Gasteiger charge is 2.41. The molecule has 0 aliphatic carbocycles. The number of esters is 1. The summed E-state index contributed by atoms with van der Waals surface area (Å²) in [5, 5.41) is 11.0. The summed E-state index contributed by atoms with van der Waals surface area (Å²) in [4.78, 5) is 35.2. The van der Waals surface area contributed by atoms with E-state index in [1.54, 1.807) is 26.8 Å². The number of benzene rings is 1. The Balaban J connectivity index is 2.56. The monoisotopic (exact) mass is 443 g/mol. The van der Waals surface area contributed by atoms with E-state index in [2.05, 4.69) is 0 Å². The summed E-state index contributed by atoms with van der Waals surface area (Å²) in [6.45, 7) is 4.96. The van der Waals surface area contributed by atoms with Crippen LogP contribution < -0.4 is 10.1 Å². The molecule has 0 radical (unpaired) electrons. The molecule has 0 spiro atoms. The van der Waals surface area contributed by atoms with Crippen LogP contribution in [0.25, 0.3) is 0 Å². The lowest BCUT2D eigenvalue weighted by Gasteiger charge is -2.20. The molecule has 0 bridgehead atoms. The first-order chi connectivity index (χ1) is 14.4. The van der Waals surface area contributed by atoms with Gasteiger partial charge in [-0.25, -0.2) is 4.79 Å². The van der Waals surface area contributed by atoms with E-state index in [0.29, 0.717) is 23.1 Å². The van der Waals surface area contributed by atoms with Gasteiger partial charge in [-0.2, -0.15) is 13.2 Å². The zero-order chi connectivity index (χ0) is 23.5. The van der Waals surface area contributed by atoms with Gasteiger partial charge in [0.25, 0.3) is 0 Å². The molecule has 2 rings (SSSR count). The minimum Gasteiger partial charge on any atom is -0.496 e. The van der Waals surface area contributed by atoms with Gasteiger partial charge in [0.05, 0.1) is 24.3 Å². The van der Waals surface area contributed by atoms with Crippen LogP contribution >= 0.6 is 0 Å². The maximum absolute atomic E-state index is 12.9. The minimum atomic E-state index is -5.16. The highest BCUT2D eigenvalue weighted by molar-refractivity contribution is 6.07. The van der Waals surface area contributed by atoms with Crippen LogP contribution in [-0.4, -0.2) is 36.2 Å². The second-order valence-corrected chi connectivity index (χ2v) is 7.30. The molecule has 10 heteroatoms. The van der Waals surface area contributed by atoms with Crippen molar-refractivity contribution in [1.82, 2.24) is 0 Å². The lowest BCUT2D eigenvalue weighted by molar-refractivity contribution is -0.167. The van der Waals surface area contributed by atoms with Crippen LogP contribution in [-0.2, 0) is 27.4 Å². The summed E-state index contributed by atoms with van der Waals surface area (Å²) in [6, 6.07) is 0. The van der Waals surface area contributed by atoms with Gasteiger partial charge in [-0.1, -0.05) is 18.6 Å². The van der Waals surface area contributed by atoms with Crippen LogP contribution in [0.1, 0.15) is 53.7 Å². The zero-order valence-electron chi connectivity index (χ0n) is 17.6. The number of fused-ring (bicyclic) bond motifs is 1. The number of rotatable bonds is 8. The molecule has 31 heavy (non-hydrogen) atoms. The van der Waals surface area contributed by atoms with Crippen molar-refractivity contribution in [2.75, 3.05) is 12.4 Å². The topological polar surface area (TPSA) is 102 Å². The fourth-order valence-electron chi connectivity index (χ4n) is 3.53. The lowest BCUT2D eigenvalue weighted by Crippen LogP contribution is -2.31. The molecule has 170 valence electrons. The van der Waals surface area contributed by atoms with Crippen molar-refractivity contribution in [3.05, 3.63) is 33.9 Å². The Morgan fingerprint density at radius 2 is 2.00 bits per heavy atom. The first-order valence-corrected chi connectivity index (χ1v) is 9.58. The zero-order valence-corrected chi connectivity index (χ0v) is 17.6. The second kappa shape index (κ2) is 9.40. The quantitative estimate of drug-likeness (QED) is 0.462. The Morgan fingerprint density at radius 3 is 2.52 bits per heavy atom. The van der Waals surface area contributed by atoms with E-state index in [0.717, 1.165) is 0 Å². The number of hydrogen-bond donors (Lipinski definition) is 2. The Morgan fingerprint density at radius 1 is 1.35 bits per heavy atom. The summed E-state index contributed by atoms with van der Waals surface area (Å²) in [5.74, 6) is -4.37. The van der Waals surface area contributed by atoms with Crippen LogP contribution in [0.2, 0.25) is 0 Å². The van der Waals surface area contributed by atoms with Crippen molar-refractivity contribution in [2.24, 2.45) is 5.92 Å². The number of aliphatic carboxylic acids is 1. The molecule has 1 aromatic rings. The van der Waals surface area contributed by atoms with Crippen LogP contribution in [0, 0.1) is 12.8 Å². The molecule has 0 fully saturated rings. The van der Waals surface area contributed by atoms with Crippen LogP contribution in [0.3, 0.4) is 0 Å². The highest BCUT2D eigenvalue weighted by atomic mass is 19.4. The molecule has 0 aromatic heterocycles. The van der Waals surface area contributed by atoms with Crippen molar-refractivity contribution in [1.29, 1.82) is 0 Å². The first-order valence-electron chi connectivity index (χ1n) is 9.58. The normalized spacial score (nSPS) is 14.7. The van der Waals surface area contributed by atoms with Gasteiger partial charge in [-0.15, -0.1) is 0 Å². The highest BCUT2D eigenvalue weighted by Crippen LogP contribution is 2.42. The standard InChI is InChI=1S/C21H24F3NO6/c1-5-12(18(26)27)8-10(2)6-7-13-16(25-20(29)21(22,23)24)15-14(9-31-19(15)28)11(3)17(13)30-4/h6,12H,5,7-9H2,1-4H3,(H,25,29)(H,26,27)/t12-/m0/s1. The first kappa shape index (κ1) is 24.2. The summed E-state index contributed by atoms with van der Waals surface area (Å²) >= 11 is 0. The van der Waals surface area contributed by atoms with Gasteiger partial charge in [-0.3, -0.25) is 9.59 Å². The Kier molecular flexibility index (Phi) is 7.35. The number of ether oxygens (including phenoxy) is 2. The van der Waals surface area contributed by atoms with E-state index in [9.17, 15) is 32.7 Å². The molecule has 1 atom stereocenters. The van der Waals surface area contributed by atoms with Crippen LogP contribution in [0.5, 0.6) is 5.75 Å². The number of cyclic esters (lactones) is 1. The number of hydrogen-bond acceptors (Lipinski definition) is 5. The van der Waals surface area contributed by atoms with Gasteiger partial charge in [0, 0.05) is 11.1 Å². The molecule has 7 nitrogen and oxygen atoms in total. The maximum atomic E-state index is 12.9. The Bertz CT molecular complexity index is 936. The predicted molar refractivity (Wildman–Crippen MR) is 105 cm³/mol. The summed E-state index contributed by atoms with van der Waals surface area (Å²) < 4.78 is 49.1. The molecule has 1 aliphatic rings. The number of carboxylic acids is 1. The van der Waals surface area contributed by atoms with Gasteiger partial charge in [-0.05, 0) is 38.7 Å². The van der Waals surface area contributed by atoms with Crippen molar-refractivity contribution < 1.29 is 42.1 Å². The van der Waals surface area contributed by atoms with E-state index in [4.69, 9.17) is 9.47 Å². The lowest BCUT2D eigenvalue weighted by atomic mass is 9.92. The number of anilines is 1. The van der Waals surface area contributed by atoms with Crippen molar-refractivity contribution in [3.8, 4) is 5.75 Å². The number of amides is 1. The van der Waals surface area contributed by atoms with Crippen LogP contribution in [0.4, 0.5) is 18.9 Å². The smallest absolute Gasteiger partial charge is 0.471 e. The van der Waals surface area contributed by atoms with E-state index in [1.165, 1.54) is 7.11 Å². The van der Waals surface area contributed by atoms with E-state index in [-0.39, 0.29) is 42.0 Å². The third kappa shape index (κ3) is 5.18. The molecular weight excluding hydrogens is 419 g/mol. The fraction of sp³-hybridized carbons (Fsp3) is 0.476. The van der Waals surface area contributed by atoms with E-state index >= 15 is 0 Å². The molecule has 1 aromatic carbocycles. The minimum absolute atomic E-state index is 0.0138. The molecular formula is C21H24F3NO6. The molecule has 1 amide bonds. The average Bonchev–Trinajstić information content (AvgIpc) is 3.07. The van der Waals surface area contributed by atoms with Crippen molar-refractivity contribution in [2.45, 2.75) is 52.8 Å². The number of carbonyl (C=O) groups is 3. The number of nitrogens with one attached hydrogen (secondary N) is 1. The van der Waals surface area contributed by atoms with Crippen LogP contribution in [0.15, 0.2) is 11.6 Å².